The molecule has 6 nitrogen and oxygen atoms in total. The first-order chi connectivity index (χ1) is 15.1. The Balaban J connectivity index is 1.67. The lowest BCUT2D eigenvalue weighted by Crippen LogP contribution is -2.31. The Bertz CT molecular complexity index is 1240. The van der Waals surface area contributed by atoms with Crippen molar-refractivity contribution in [3.8, 4) is 5.75 Å². The van der Waals surface area contributed by atoms with Gasteiger partial charge in [0.15, 0.2) is 6.61 Å². The van der Waals surface area contributed by atoms with Gasteiger partial charge in [-0.2, -0.15) is 0 Å². The molecule has 0 unspecified atom stereocenters. The number of likely N-dealkylation sites (N-methyl/N-ethyl adjacent to an activating group) is 1. The number of anilines is 2. The van der Waals surface area contributed by atoms with Crippen LogP contribution in [0.3, 0.4) is 0 Å². The van der Waals surface area contributed by atoms with Gasteiger partial charge in [-0.1, -0.05) is 17.7 Å². The maximum Gasteiger partial charge on any atom is 0.264 e. The summed E-state index contributed by atoms with van der Waals surface area (Å²) in [6.07, 6.45) is 0. The van der Waals surface area contributed by atoms with Gasteiger partial charge in [0.1, 0.15) is 5.75 Å². The fraction of sp³-hybridized carbons (Fsp3) is 0.208. The van der Waals surface area contributed by atoms with E-state index in [4.69, 9.17) is 16.3 Å². The van der Waals surface area contributed by atoms with E-state index in [-0.39, 0.29) is 17.4 Å². The smallest absolute Gasteiger partial charge is 0.264 e. The molecular weight excluding hydrogens is 448 g/mol. The first-order valence-electron chi connectivity index (χ1n) is 9.92. The zero-order valence-electron chi connectivity index (χ0n) is 18.3. The molecule has 3 aromatic rings. The second kappa shape index (κ2) is 9.63. The Morgan fingerprint density at radius 2 is 1.62 bits per heavy atom. The number of ether oxygens (including phenoxy) is 1. The van der Waals surface area contributed by atoms with Crippen LogP contribution in [0.1, 0.15) is 16.7 Å². The highest BCUT2D eigenvalue weighted by Gasteiger charge is 2.17. The number of benzene rings is 3. The molecule has 0 fully saturated rings. The van der Waals surface area contributed by atoms with Crippen LogP contribution in [0.2, 0.25) is 5.02 Å². The second-order valence-corrected chi connectivity index (χ2v) is 9.67. The molecule has 3 rings (SSSR count). The number of aryl methyl sites for hydroxylation is 3. The minimum absolute atomic E-state index is 0.0934. The van der Waals surface area contributed by atoms with Crippen molar-refractivity contribution < 1.29 is 17.9 Å². The predicted molar refractivity (Wildman–Crippen MR) is 128 cm³/mol. The van der Waals surface area contributed by atoms with Gasteiger partial charge in [-0.05, 0) is 92.1 Å². The van der Waals surface area contributed by atoms with Crippen molar-refractivity contribution in [3.63, 3.8) is 0 Å². The summed E-state index contributed by atoms with van der Waals surface area (Å²) in [5, 5.41) is 0.517. The molecule has 0 bridgehead atoms. The molecule has 0 heterocycles. The van der Waals surface area contributed by atoms with Gasteiger partial charge in [0, 0.05) is 23.4 Å². The van der Waals surface area contributed by atoms with Crippen LogP contribution in [0.25, 0.3) is 0 Å². The number of rotatable bonds is 7. The molecule has 0 aromatic heterocycles. The number of carbonyl (C=O) groups excluding carboxylic acids is 1. The number of nitrogens with zero attached hydrogens (tertiary/aromatic N) is 1. The summed E-state index contributed by atoms with van der Waals surface area (Å²) in [6, 6.07) is 16.7. The molecule has 8 heteroatoms. The predicted octanol–water partition coefficient (Wildman–Crippen LogP) is 5.11. The van der Waals surface area contributed by atoms with Gasteiger partial charge in [0.25, 0.3) is 15.9 Å². The van der Waals surface area contributed by atoms with E-state index in [9.17, 15) is 13.2 Å². The Morgan fingerprint density at radius 1 is 0.938 bits per heavy atom. The van der Waals surface area contributed by atoms with Crippen LogP contribution in [0, 0.1) is 20.8 Å². The van der Waals surface area contributed by atoms with Gasteiger partial charge in [0.2, 0.25) is 0 Å². The molecular formula is C24H25ClN2O4S. The molecule has 0 spiro atoms. The van der Waals surface area contributed by atoms with Crippen LogP contribution < -0.4 is 14.4 Å². The Labute approximate surface area is 193 Å². The van der Waals surface area contributed by atoms with E-state index in [1.807, 2.05) is 32.0 Å². The zero-order chi connectivity index (χ0) is 23.5. The summed E-state index contributed by atoms with van der Waals surface area (Å²) in [7, 11) is -2.08. The summed E-state index contributed by atoms with van der Waals surface area (Å²) in [5.74, 6) is 0.228. The Morgan fingerprint density at radius 3 is 2.25 bits per heavy atom. The summed E-state index contributed by atoms with van der Waals surface area (Å²) in [4.78, 5) is 14.2. The normalized spacial score (nSPS) is 11.2. The van der Waals surface area contributed by atoms with Crippen LogP contribution >= 0.6 is 11.6 Å². The molecule has 3 aromatic carbocycles. The molecule has 0 radical (unpaired) electrons. The first-order valence-corrected chi connectivity index (χ1v) is 11.8. The number of amides is 1. The fourth-order valence-electron chi connectivity index (χ4n) is 3.00. The van der Waals surface area contributed by atoms with Crippen molar-refractivity contribution in [2.75, 3.05) is 23.3 Å². The zero-order valence-corrected chi connectivity index (χ0v) is 19.9. The lowest BCUT2D eigenvalue weighted by Gasteiger charge is -2.19. The number of carbonyl (C=O) groups is 1. The third-order valence-electron chi connectivity index (χ3n) is 5.16. The van der Waals surface area contributed by atoms with Gasteiger partial charge in [-0.3, -0.25) is 9.52 Å². The van der Waals surface area contributed by atoms with Crippen molar-refractivity contribution in [1.82, 2.24) is 0 Å². The maximum absolute atomic E-state index is 12.7. The molecule has 0 saturated carbocycles. The van der Waals surface area contributed by atoms with Gasteiger partial charge < -0.3 is 9.64 Å². The van der Waals surface area contributed by atoms with E-state index in [0.29, 0.717) is 22.0 Å². The molecule has 168 valence electrons. The van der Waals surface area contributed by atoms with Crippen LogP contribution in [0.15, 0.2) is 65.6 Å². The van der Waals surface area contributed by atoms with Crippen molar-refractivity contribution >= 4 is 38.9 Å². The van der Waals surface area contributed by atoms with E-state index >= 15 is 0 Å². The quantitative estimate of drug-likeness (QED) is 0.518. The van der Waals surface area contributed by atoms with Gasteiger partial charge in [0.05, 0.1) is 4.90 Å². The van der Waals surface area contributed by atoms with Crippen LogP contribution in [-0.2, 0) is 14.8 Å². The number of halogens is 1. The van der Waals surface area contributed by atoms with Gasteiger partial charge in [-0.25, -0.2) is 8.42 Å². The number of nitrogens with one attached hydrogen (secondary N) is 1. The van der Waals surface area contributed by atoms with Crippen molar-refractivity contribution in [2.45, 2.75) is 25.7 Å². The molecule has 1 N–H and O–H groups in total. The number of hydrogen-bond acceptors (Lipinski definition) is 4. The monoisotopic (exact) mass is 472 g/mol. The molecule has 0 saturated heterocycles. The topological polar surface area (TPSA) is 75.7 Å². The fourth-order valence-corrected chi connectivity index (χ4v) is 4.27. The molecule has 0 aliphatic carbocycles. The SMILES string of the molecule is Cc1ccc(N(C)C(=O)COc2ccc(S(=O)(=O)Nc3ccc(Cl)cc3)cc2C)cc1C. The van der Waals surface area contributed by atoms with E-state index < -0.39 is 10.0 Å². The summed E-state index contributed by atoms with van der Waals surface area (Å²) in [5.41, 5.74) is 4.05. The lowest BCUT2D eigenvalue weighted by molar-refractivity contribution is -0.120. The molecule has 0 aliphatic heterocycles. The second-order valence-electron chi connectivity index (χ2n) is 7.55. The average molecular weight is 473 g/mol. The average Bonchev–Trinajstić information content (AvgIpc) is 2.75. The Kier molecular flexibility index (Phi) is 7.11. The first kappa shape index (κ1) is 23.6. The number of hydrogen-bond donors (Lipinski definition) is 1. The molecule has 1 amide bonds. The van der Waals surface area contributed by atoms with E-state index in [1.54, 1.807) is 44.3 Å². The van der Waals surface area contributed by atoms with Gasteiger partial charge in [-0.15, -0.1) is 0 Å². The van der Waals surface area contributed by atoms with Gasteiger partial charge >= 0.3 is 0 Å². The highest BCUT2D eigenvalue weighted by molar-refractivity contribution is 7.92. The Hall–Kier alpha value is -3.03. The summed E-state index contributed by atoms with van der Waals surface area (Å²) < 4.78 is 33.5. The minimum Gasteiger partial charge on any atom is -0.483 e. The minimum atomic E-state index is -3.78. The third kappa shape index (κ3) is 5.60. The lowest BCUT2D eigenvalue weighted by atomic mass is 10.1. The molecule has 32 heavy (non-hydrogen) atoms. The standard InChI is InChI=1S/C24H25ClN2O4S/c1-16-5-10-21(13-17(16)2)27(4)24(28)15-31-23-12-11-22(14-18(23)3)32(29,30)26-20-8-6-19(25)7-9-20/h5-14,26H,15H2,1-4H3. The van der Waals surface area contributed by atoms with Crippen molar-refractivity contribution in [2.24, 2.45) is 0 Å². The van der Waals surface area contributed by atoms with E-state index in [2.05, 4.69) is 4.72 Å². The van der Waals surface area contributed by atoms with E-state index in [1.165, 1.54) is 17.0 Å². The largest absolute Gasteiger partial charge is 0.483 e. The summed E-state index contributed by atoms with van der Waals surface area (Å²) >= 11 is 5.84. The van der Waals surface area contributed by atoms with Crippen LogP contribution in [0.5, 0.6) is 5.75 Å². The van der Waals surface area contributed by atoms with E-state index in [0.717, 1.165) is 16.8 Å². The van der Waals surface area contributed by atoms with Crippen LogP contribution in [0.4, 0.5) is 11.4 Å². The van der Waals surface area contributed by atoms with Crippen LogP contribution in [-0.4, -0.2) is 28.0 Å². The maximum atomic E-state index is 12.7. The highest BCUT2D eigenvalue weighted by Crippen LogP contribution is 2.25. The highest BCUT2D eigenvalue weighted by atomic mass is 35.5. The summed E-state index contributed by atoms with van der Waals surface area (Å²) in [6.45, 7) is 5.57. The van der Waals surface area contributed by atoms with Crippen molar-refractivity contribution in [3.05, 3.63) is 82.4 Å². The molecule has 0 atom stereocenters. The van der Waals surface area contributed by atoms with Crippen molar-refractivity contribution in [1.29, 1.82) is 0 Å². The molecule has 0 aliphatic rings. The third-order valence-corrected chi connectivity index (χ3v) is 6.79. The number of sulfonamides is 1.